The van der Waals surface area contributed by atoms with Crippen molar-refractivity contribution in [2.45, 2.75) is 25.4 Å². The van der Waals surface area contributed by atoms with E-state index in [1.807, 2.05) is 25.2 Å². The van der Waals surface area contributed by atoms with E-state index in [2.05, 4.69) is 22.4 Å². The van der Waals surface area contributed by atoms with Crippen molar-refractivity contribution in [1.29, 1.82) is 5.26 Å². The summed E-state index contributed by atoms with van der Waals surface area (Å²) < 4.78 is 0. The highest BCUT2D eigenvalue weighted by Crippen LogP contribution is 2.19. The average Bonchev–Trinajstić information content (AvgIpc) is 2.78. The topological polar surface area (TPSA) is 39.1 Å². The van der Waals surface area contributed by atoms with Crippen LogP contribution in [0.2, 0.25) is 0 Å². The minimum Gasteiger partial charge on any atom is -0.318 e. The van der Waals surface area contributed by atoms with Gasteiger partial charge in [-0.3, -0.25) is 4.90 Å². The van der Waals surface area contributed by atoms with Crippen molar-refractivity contribution in [2.24, 2.45) is 0 Å². The van der Waals surface area contributed by atoms with E-state index in [4.69, 9.17) is 5.26 Å². The number of nitrogens with one attached hydrogen (secondary N) is 1. The van der Waals surface area contributed by atoms with Gasteiger partial charge in [0.25, 0.3) is 0 Å². The van der Waals surface area contributed by atoms with E-state index in [9.17, 15) is 0 Å². The second-order valence-corrected chi connectivity index (χ2v) is 4.64. The molecule has 0 spiro atoms. The van der Waals surface area contributed by atoms with E-state index in [0.29, 0.717) is 6.04 Å². The van der Waals surface area contributed by atoms with Crippen LogP contribution in [0.4, 0.5) is 0 Å². The molecule has 1 aliphatic heterocycles. The van der Waals surface area contributed by atoms with Crippen molar-refractivity contribution >= 4 is 0 Å². The standard InChI is InChI=1S/C14H19N3/c1-16-10-14-6-3-7-17(14)11-13-5-2-4-12(8-13)9-15/h2,4-5,8,14,16H,3,6-7,10-11H2,1H3. The van der Waals surface area contributed by atoms with Gasteiger partial charge in [0.2, 0.25) is 0 Å². The zero-order valence-electron chi connectivity index (χ0n) is 10.3. The van der Waals surface area contributed by atoms with E-state index in [1.165, 1.54) is 24.9 Å². The lowest BCUT2D eigenvalue weighted by molar-refractivity contribution is 0.242. The van der Waals surface area contributed by atoms with Gasteiger partial charge in [-0.15, -0.1) is 0 Å². The molecule has 1 saturated heterocycles. The van der Waals surface area contributed by atoms with Crippen molar-refractivity contribution in [1.82, 2.24) is 10.2 Å². The van der Waals surface area contributed by atoms with Gasteiger partial charge in [-0.25, -0.2) is 0 Å². The molecule has 1 N–H and O–H groups in total. The largest absolute Gasteiger partial charge is 0.318 e. The Morgan fingerprint density at radius 1 is 1.53 bits per heavy atom. The van der Waals surface area contributed by atoms with Crippen LogP contribution in [0.15, 0.2) is 24.3 Å². The van der Waals surface area contributed by atoms with Crippen LogP contribution in [0, 0.1) is 11.3 Å². The quantitative estimate of drug-likeness (QED) is 0.855. The van der Waals surface area contributed by atoms with Crippen molar-refractivity contribution < 1.29 is 0 Å². The maximum atomic E-state index is 8.89. The molecule has 1 unspecified atom stereocenters. The SMILES string of the molecule is CNCC1CCCN1Cc1cccc(C#N)c1. The predicted octanol–water partition coefficient (Wildman–Crippen LogP) is 1.74. The smallest absolute Gasteiger partial charge is 0.0991 e. The summed E-state index contributed by atoms with van der Waals surface area (Å²) in [5.41, 5.74) is 2.00. The van der Waals surface area contributed by atoms with Crippen LogP contribution in [0.1, 0.15) is 24.0 Å². The minimum atomic E-state index is 0.644. The third kappa shape index (κ3) is 3.06. The van der Waals surface area contributed by atoms with Crippen molar-refractivity contribution in [3.05, 3.63) is 35.4 Å². The first-order valence-electron chi connectivity index (χ1n) is 6.21. The van der Waals surface area contributed by atoms with Crippen LogP contribution in [-0.4, -0.2) is 31.1 Å². The maximum absolute atomic E-state index is 8.89. The van der Waals surface area contributed by atoms with Gasteiger partial charge in [0.15, 0.2) is 0 Å². The van der Waals surface area contributed by atoms with Crippen LogP contribution in [-0.2, 0) is 6.54 Å². The lowest BCUT2D eigenvalue weighted by Gasteiger charge is -2.24. The Bertz CT molecular complexity index is 408. The fraction of sp³-hybridized carbons (Fsp3) is 0.500. The average molecular weight is 229 g/mol. The molecule has 0 aliphatic carbocycles. The lowest BCUT2D eigenvalue weighted by atomic mass is 10.1. The fourth-order valence-corrected chi connectivity index (χ4v) is 2.54. The Balaban J connectivity index is 2.02. The number of benzene rings is 1. The Morgan fingerprint density at radius 3 is 3.18 bits per heavy atom. The van der Waals surface area contributed by atoms with Gasteiger partial charge >= 0.3 is 0 Å². The summed E-state index contributed by atoms with van der Waals surface area (Å²) in [4.78, 5) is 2.51. The molecule has 1 aromatic carbocycles. The molecule has 0 amide bonds. The lowest BCUT2D eigenvalue weighted by Crippen LogP contribution is -2.36. The first kappa shape index (κ1) is 12.1. The van der Waals surface area contributed by atoms with E-state index >= 15 is 0 Å². The number of nitriles is 1. The normalized spacial score (nSPS) is 20.4. The van der Waals surface area contributed by atoms with Crippen LogP contribution < -0.4 is 5.32 Å². The van der Waals surface area contributed by atoms with E-state index < -0.39 is 0 Å². The Kier molecular flexibility index (Phi) is 4.13. The highest BCUT2D eigenvalue weighted by atomic mass is 15.2. The summed E-state index contributed by atoms with van der Waals surface area (Å²) in [7, 11) is 2.01. The molecule has 0 saturated carbocycles. The summed E-state index contributed by atoms with van der Waals surface area (Å²) >= 11 is 0. The molecule has 1 fully saturated rings. The summed E-state index contributed by atoms with van der Waals surface area (Å²) in [5.74, 6) is 0. The molecule has 0 radical (unpaired) electrons. The highest BCUT2D eigenvalue weighted by Gasteiger charge is 2.23. The Hall–Kier alpha value is -1.37. The monoisotopic (exact) mass is 229 g/mol. The third-order valence-corrected chi connectivity index (χ3v) is 3.38. The molecular weight excluding hydrogens is 210 g/mol. The van der Waals surface area contributed by atoms with Crippen LogP contribution in [0.5, 0.6) is 0 Å². The zero-order valence-corrected chi connectivity index (χ0v) is 10.3. The van der Waals surface area contributed by atoms with Gasteiger partial charge < -0.3 is 5.32 Å². The van der Waals surface area contributed by atoms with E-state index in [0.717, 1.165) is 18.7 Å². The summed E-state index contributed by atoms with van der Waals surface area (Å²) in [5, 5.41) is 12.1. The first-order valence-corrected chi connectivity index (χ1v) is 6.21. The molecule has 17 heavy (non-hydrogen) atoms. The fourth-order valence-electron chi connectivity index (χ4n) is 2.54. The van der Waals surface area contributed by atoms with Gasteiger partial charge in [-0.1, -0.05) is 12.1 Å². The van der Waals surface area contributed by atoms with E-state index in [1.54, 1.807) is 0 Å². The third-order valence-electron chi connectivity index (χ3n) is 3.38. The highest BCUT2D eigenvalue weighted by molar-refractivity contribution is 5.32. The van der Waals surface area contributed by atoms with E-state index in [-0.39, 0.29) is 0 Å². The molecule has 3 heteroatoms. The molecule has 1 atom stereocenters. The molecular formula is C14H19N3. The minimum absolute atomic E-state index is 0.644. The number of hydrogen-bond donors (Lipinski definition) is 1. The summed E-state index contributed by atoms with van der Waals surface area (Å²) in [6, 6.07) is 10.8. The van der Waals surface area contributed by atoms with Crippen molar-refractivity contribution in [3.8, 4) is 6.07 Å². The van der Waals surface area contributed by atoms with Gasteiger partial charge in [0, 0.05) is 19.1 Å². The molecule has 0 bridgehead atoms. The maximum Gasteiger partial charge on any atom is 0.0991 e. The number of rotatable bonds is 4. The predicted molar refractivity (Wildman–Crippen MR) is 68.5 cm³/mol. The number of nitrogens with zero attached hydrogens (tertiary/aromatic N) is 2. The molecule has 3 nitrogen and oxygen atoms in total. The van der Waals surface area contributed by atoms with Gasteiger partial charge in [0.1, 0.15) is 0 Å². The molecule has 90 valence electrons. The van der Waals surface area contributed by atoms with Crippen LogP contribution in [0.25, 0.3) is 0 Å². The van der Waals surface area contributed by atoms with Gasteiger partial charge in [-0.2, -0.15) is 5.26 Å². The van der Waals surface area contributed by atoms with Gasteiger partial charge in [-0.05, 0) is 44.1 Å². The summed E-state index contributed by atoms with van der Waals surface area (Å²) in [6.45, 7) is 3.18. The molecule has 1 heterocycles. The first-order chi connectivity index (χ1) is 8.33. The Labute approximate surface area is 103 Å². The molecule has 1 aromatic rings. The summed E-state index contributed by atoms with van der Waals surface area (Å²) in [6.07, 6.45) is 2.56. The van der Waals surface area contributed by atoms with Crippen LogP contribution in [0.3, 0.4) is 0 Å². The second kappa shape index (κ2) is 5.81. The molecule has 1 aliphatic rings. The zero-order chi connectivity index (χ0) is 12.1. The molecule has 0 aromatic heterocycles. The van der Waals surface area contributed by atoms with Crippen LogP contribution >= 0.6 is 0 Å². The number of likely N-dealkylation sites (N-methyl/N-ethyl adjacent to an activating group) is 1. The van der Waals surface area contributed by atoms with Gasteiger partial charge in [0.05, 0.1) is 11.6 Å². The second-order valence-electron chi connectivity index (χ2n) is 4.64. The number of hydrogen-bond acceptors (Lipinski definition) is 3. The van der Waals surface area contributed by atoms with Crippen molar-refractivity contribution in [2.75, 3.05) is 20.1 Å². The van der Waals surface area contributed by atoms with Crippen molar-refractivity contribution in [3.63, 3.8) is 0 Å². The molecule has 2 rings (SSSR count). The Morgan fingerprint density at radius 2 is 2.41 bits per heavy atom. The number of likely N-dealkylation sites (tertiary alicyclic amines) is 1.